The molecule has 0 saturated carbocycles. The first-order valence-corrected chi connectivity index (χ1v) is 8.92. The highest BCUT2D eigenvalue weighted by Gasteiger charge is 2.14. The first kappa shape index (κ1) is 21.1. The van der Waals surface area contributed by atoms with Gasteiger partial charge in [0.2, 0.25) is 5.91 Å². The number of halogens is 1. The van der Waals surface area contributed by atoms with Crippen LogP contribution in [0.2, 0.25) is 0 Å². The van der Waals surface area contributed by atoms with Crippen LogP contribution in [0.4, 0.5) is 0 Å². The van der Waals surface area contributed by atoms with Crippen molar-refractivity contribution in [3.8, 4) is 0 Å². The van der Waals surface area contributed by atoms with Crippen LogP contribution >= 0.6 is 15.9 Å². The molecule has 0 aliphatic rings. The molecule has 0 aromatic heterocycles. The highest BCUT2D eigenvalue weighted by molar-refractivity contribution is 9.11. The molecule has 0 spiro atoms. The second-order valence-electron chi connectivity index (χ2n) is 5.46. The van der Waals surface area contributed by atoms with Crippen LogP contribution in [0, 0.1) is 0 Å². The summed E-state index contributed by atoms with van der Waals surface area (Å²) in [5.74, 6) is -1.31. The Morgan fingerprint density at radius 3 is 2.28 bits per heavy atom. The van der Waals surface area contributed by atoms with Gasteiger partial charge in [-0.05, 0) is 42.0 Å². The minimum absolute atomic E-state index is 0.0808. The Kier molecular flexibility index (Phi) is 9.16. The highest BCUT2D eigenvalue weighted by atomic mass is 79.9. The second kappa shape index (κ2) is 10.8. The maximum absolute atomic E-state index is 12.3. The molecule has 0 heterocycles. The van der Waals surface area contributed by atoms with Crippen LogP contribution in [0.15, 0.2) is 46.1 Å². The van der Waals surface area contributed by atoms with Gasteiger partial charge in [-0.1, -0.05) is 47.1 Å². The van der Waals surface area contributed by atoms with Crippen molar-refractivity contribution < 1.29 is 19.4 Å². The number of ether oxygens (including phenoxy) is 1. The number of benzene rings is 1. The topological polar surface area (TPSA) is 75.6 Å². The summed E-state index contributed by atoms with van der Waals surface area (Å²) in [7, 11) is 0. The molecule has 1 aromatic rings. The molecule has 0 unspecified atom stereocenters. The molecule has 1 aromatic carbocycles. The fourth-order valence-corrected chi connectivity index (χ4v) is 2.42. The fourth-order valence-electron chi connectivity index (χ4n) is 2.19. The molecule has 1 rings (SSSR count). The van der Waals surface area contributed by atoms with Gasteiger partial charge in [-0.3, -0.25) is 4.79 Å². The van der Waals surface area contributed by atoms with E-state index in [1.165, 1.54) is 6.08 Å². The Labute approximate surface area is 156 Å². The standard InChI is InChI=1S/C19H24BrNO4/c1-4-17(16(19(23)24)10-13(3)20)21-18(22)11-14-6-8-15(9-7-14)12-25-5-2/h6-10H,4-5,11-12H2,1-3H3,(H,21,22)(H,23,24)/b13-10+,17-16-. The average molecular weight is 410 g/mol. The molecule has 1 amide bonds. The summed E-state index contributed by atoms with van der Waals surface area (Å²) in [5.41, 5.74) is 2.38. The van der Waals surface area contributed by atoms with Crippen molar-refractivity contribution in [3.05, 3.63) is 57.2 Å². The monoisotopic (exact) mass is 409 g/mol. The quantitative estimate of drug-likeness (QED) is 0.478. The van der Waals surface area contributed by atoms with E-state index in [1.54, 1.807) is 13.8 Å². The Morgan fingerprint density at radius 2 is 1.80 bits per heavy atom. The zero-order valence-corrected chi connectivity index (χ0v) is 16.4. The molecular weight excluding hydrogens is 386 g/mol. The van der Waals surface area contributed by atoms with Crippen LogP contribution in [0.5, 0.6) is 0 Å². The summed E-state index contributed by atoms with van der Waals surface area (Å²) in [6, 6.07) is 7.61. The first-order valence-electron chi connectivity index (χ1n) is 8.13. The van der Waals surface area contributed by atoms with Crippen LogP contribution in [0.1, 0.15) is 38.3 Å². The molecule has 0 aliphatic heterocycles. The maximum Gasteiger partial charge on any atom is 0.337 e. The van der Waals surface area contributed by atoms with Gasteiger partial charge >= 0.3 is 5.97 Å². The molecule has 5 nitrogen and oxygen atoms in total. The van der Waals surface area contributed by atoms with Crippen molar-refractivity contribution >= 4 is 27.8 Å². The lowest BCUT2D eigenvalue weighted by molar-refractivity contribution is -0.132. The Morgan fingerprint density at radius 1 is 1.20 bits per heavy atom. The number of carboxylic acids is 1. The summed E-state index contributed by atoms with van der Waals surface area (Å²) in [6.07, 6.45) is 2.09. The number of hydrogen-bond acceptors (Lipinski definition) is 3. The molecule has 136 valence electrons. The molecule has 2 N–H and O–H groups in total. The number of carbonyl (C=O) groups is 2. The third kappa shape index (κ3) is 7.67. The Hall–Kier alpha value is -1.92. The minimum Gasteiger partial charge on any atom is -0.478 e. The largest absolute Gasteiger partial charge is 0.478 e. The number of carboxylic acid groups (broad SMARTS) is 1. The molecule has 6 heteroatoms. The van der Waals surface area contributed by atoms with Gasteiger partial charge in [0.05, 0.1) is 18.6 Å². The van der Waals surface area contributed by atoms with E-state index in [9.17, 15) is 14.7 Å². The smallest absolute Gasteiger partial charge is 0.337 e. The summed E-state index contributed by atoms with van der Waals surface area (Å²) in [6.45, 7) is 6.69. The molecule has 0 fully saturated rings. The van der Waals surface area contributed by atoms with E-state index in [0.29, 0.717) is 29.8 Å². The number of amides is 1. The van der Waals surface area contributed by atoms with Gasteiger partial charge in [0.1, 0.15) is 0 Å². The number of nitrogens with one attached hydrogen (secondary N) is 1. The SMILES string of the molecule is CCOCc1ccc(CC(=O)N/C(CC)=C(/C=C(\C)Br)C(=O)O)cc1. The van der Waals surface area contributed by atoms with Gasteiger partial charge in [-0.2, -0.15) is 0 Å². The van der Waals surface area contributed by atoms with Crippen LogP contribution in [0.3, 0.4) is 0 Å². The summed E-state index contributed by atoms with van der Waals surface area (Å²) in [5, 5.41) is 12.1. The first-order chi connectivity index (χ1) is 11.9. The van der Waals surface area contributed by atoms with E-state index in [0.717, 1.165) is 11.1 Å². The van der Waals surface area contributed by atoms with Gasteiger partial charge in [-0.15, -0.1) is 0 Å². The second-order valence-corrected chi connectivity index (χ2v) is 6.71. The van der Waals surface area contributed by atoms with Crippen LogP contribution in [0.25, 0.3) is 0 Å². The van der Waals surface area contributed by atoms with Crippen molar-refractivity contribution in [3.63, 3.8) is 0 Å². The van der Waals surface area contributed by atoms with E-state index in [1.807, 2.05) is 31.2 Å². The third-order valence-electron chi connectivity index (χ3n) is 3.40. The summed E-state index contributed by atoms with van der Waals surface area (Å²) < 4.78 is 6.01. The predicted octanol–water partition coefficient (Wildman–Crippen LogP) is 3.93. The van der Waals surface area contributed by atoms with E-state index >= 15 is 0 Å². The molecule has 25 heavy (non-hydrogen) atoms. The van der Waals surface area contributed by atoms with Crippen molar-refractivity contribution in [2.45, 2.75) is 40.2 Å². The van der Waals surface area contributed by atoms with Gasteiger partial charge in [-0.25, -0.2) is 4.79 Å². The van der Waals surface area contributed by atoms with Crippen molar-refractivity contribution in [2.75, 3.05) is 6.61 Å². The molecule has 0 atom stereocenters. The lowest BCUT2D eigenvalue weighted by atomic mass is 10.1. The van der Waals surface area contributed by atoms with Crippen LogP contribution < -0.4 is 5.32 Å². The highest BCUT2D eigenvalue weighted by Crippen LogP contribution is 2.14. The van der Waals surface area contributed by atoms with Crippen molar-refractivity contribution in [2.24, 2.45) is 0 Å². The molecular formula is C19H24BrNO4. The molecule has 0 radical (unpaired) electrons. The van der Waals surface area contributed by atoms with Crippen molar-refractivity contribution in [1.29, 1.82) is 0 Å². The number of hydrogen-bond donors (Lipinski definition) is 2. The third-order valence-corrected chi connectivity index (χ3v) is 3.63. The van der Waals surface area contributed by atoms with Gasteiger partial charge in [0, 0.05) is 12.3 Å². The lowest BCUT2D eigenvalue weighted by Crippen LogP contribution is -2.26. The van der Waals surface area contributed by atoms with E-state index < -0.39 is 5.97 Å². The zero-order valence-electron chi connectivity index (χ0n) is 14.8. The van der Waals surface area contributed by atoms with E-state index in [4.69, 9.17) is 4.74 Å². The maximum atomic E-state index is 12.3. The Bertz CT molecular complexity index is 659. The number of aliphatic carboxylic acids is 1. The molecule has 0 bridgehead atoms. The van der Waals surface area contributed by atoms with Crippen LogP contribution in [-0.4, -0.2) is 23.6 Å². The van der Waals surface area contributed by atoms with Crippen molar-refractivity contribution in [1.82, 2.24) is 5.32 Å². The van der Waals surface area contributed by atoms with E-state index in [2.05, 4.69) is 21.2 Å². The minimum atomic E-state index is -1.07. The number of allylic oxidation sites excluding steroid dienone is 2. The number of rotatable bonds is 9. The molecule has 0 saturated heterocycles. The normalized spacial score (nSPS) is 12.6. The van der Waals surface area contributed by atoms with Gasteiger partial charge in [0.15, 0.2) is 0 Å². The summed E-state index contributed by atoms with van der Waals surface area (Å²) in [4.78, 5) is 23.7. The molecule has 0 aliphatic carbocycles. The lowest BCUT2D eigenvalue weighted by Gasteiger charge is -2.11. The Balaban J connectivity index is 2.82. The van der Waals surface area contributed by atoms with Crippen LogP contribution in [-0.2, 0) is 27.4 Å². The zero-order chi connectivity index (χ0) is 18.8. The van der Waals surface area contributed by atoms with E-state index in [-0.39, 0.29) is 17.9 Å². The predicted molar refractivity (Wildman–Crippen MR) is 101 cm³/mol. The van der Waals surface area contributed by atoms with Gasteiger partial charge < -0.3 is 15.2 Å². The summed E-state index contributed by atoms with van der Waals surface area (Å²) >= 11 is 3.23. The van der Waals surface area contributed by atoms with Gasteiger partial charge in [0.25, 0.3) is 0 Å². The average Bonchev–Trinajstić information content (AvgIpc) is 2.56. The number of carbonyl (C=O) groups excluding carboxylic acids is 1. The fraction of sp³-hybridized carbons (Fsp3) is 0.368.